The molecule has 0 atom stereocenters. The molecule has 0 heterocycles. The largest absolute Gasteiger partial charge is 0.504 e. The molecule has 131 valence electrons. The van der Waals surface area contributed by atoms with E-state index in [1.54, 1.807) is 25.3 Å². The summed E-state index contributed by atoms with van der Waals surface area (Å²) in [5.74, 6) is 0.926. The average Bonchev–Trinajstić information content (AvgIpc) is 2.58. The molecule has 1 aromatic rings. The topological polar surface area (TPSA) is 80.1 Å². The van der Waals surface area contributed by atoms with E-state index < -0.39 is 4.92 Å². The lowest BCUT2D eigenvalue weighted by atomic mass is 10.1. The minimum atomic E-state index is -0.646. The fourth-order valence-electron chi connectivity index (χ4n) is 1.95. The number of benzene rings is 1. The van der Waals surface area contributed by atoms with Gasteiger partial charge in [0.1, 0.15) is 0 Å². The molecule has 0 aromatic heterocycles. The predicted molar refractivity (Wildman–Crippen MR) is 90.3 cm³/mol. The van der Waals surface area contributed by atoms with E-state index in [0.29, 0.717) is 30.3 Å². The van der Waals surface area contributed by atoms with Crippen LogP contribution in [0.15, 0.2) is 18.4 Å². The van der Waals surface area contributed by atoms with Gasteiger partial charge in [-0.3, -0.25) is 10.1 Å². The molecule has 24 heavy (non-hydrogen) atoms. The lowest BCUT2D eigenvalue weighted by Crippen LogP contribution is -2.03. The first-order chi connectivity index (χ1) is 11.6. The van der Waals surface area contributed by atoms with Crippen LogP contribution >= 0.6 is 0 Å². The molecule has 1 aromatic carbocycles. The Morgan fingerprint density at radius 3 is 2.58 bits per heavy atom. The van der Waals surface area contributed by atoms with Gasteiger partial charge < -0.3 is 18.9 Å². The molecule has 1 radical (unpaired) electrons. The minimum absolute atomic E-state index is 0.443. The Kier molecular flexibility index (Phi) is 8.99. The average molecular weight is 336 g/mol. The van der Waals surface area contributed by atoms with Gasteiger partial charge >= 0.3 is 6.20 Å². The summed E-state index contributed by atoms with van der Waals surface area (Å²) in [5, 5.41) is 10.6. The molecule has 0 saturated carbocycles. The lowest BCUT2D eigenvalue weighted by molar-refractivity contribution is -0.417. The second-order valence-corrected chi connectivity index (χ2v) is 4.76. The number of hydrogen-bond acceptors (Lipinski definition) is 6. The van der Waals surface area contributed by atoms with E-state index in [9.17, 15) is 10.1 Å². The van der Waals surface area contributed by atoms with Gasteiger partial charge in [-0.25, -0.2) is 0 Å². The Labute approximate surface area is 141 Å². The Morgan fingerprint density at radius 2 is 1.96 bits per heavy atom. The van der Waals surface area contributed by atoms with Crippen LogP contribution in [0.5, 0.6) is 11.5 Å². The third-order valence-corrected chi connectivity index (χ3v) is 3.04. The SMILES string of the molecule is CO/C=C/c1cc(/C=[C]/[N+](=O)[O-])c(OCCCCOC)c(OC)c1. The smallest absolute Gasteiger partial charge is 0.346 e. The van der Waals surface area contributed by atoms with Crippen LogP contribution < -0.4 is 9.47 Å². The Hall–Kier alpha value is -2.54. The van der Waals surface area contributed by atoms with Crippen molar-refractivity contribution in [1.29, 1.82) is 0 Å². The fourth-order valence-corrected chi connectivity index (χ4v) is 1.95. The number of methoxy groups -OCH3 is 3. The molecule has 0 unspecified atom stereocenters. The first-order valence-corrected chi connectivity index (χ1v) is 7.39. The van der Waals surface area contributed by atoms with Crippen LogP contribution in [0.2, 0.25) is 0 Å². The number of rotatable bonds is 11. The van der Waals surface area contributed by atoms with Gasteiger partial charge in [0, 0.05) is 25.4 Å². The minimum Gasteiger partial charge on any atom is -0.504 e. The number of ether oxygens (including phenoxy) is 4. The Balaban J connectivity index is 3.06. The number of nitrogens with zero attached hydrogens (tertiary/aromatic N) is 1. The summed E-state index contributed by atoms with van der Waals surface area (Å²) >= 11 is 0. The van der Waals surface area contributed by atoms with E-state index in [4.69, 9.17) is 18.9 Å². The first kappa shape index (κ1) is 19.5. The van der Waals surface area contributed by atoms with Crippen molar-refractivity contribution in [2.24, 2.45) is 0 Å². The second kappa shape index (κ2) is 11.1. The molecule has 0 fully saturated rings. The van der Waals surface area contributed by atoms with Crippen LogP contribution in [0, 0.1) is 16.3 Å². The summed E-state index contributed by atoms with van der Waals surface area (Å²) in [5.41, 5.74) is 1.27. The van der Waals surface area contributed by atoms with Gasteiger partial charge in [-0.15, -0.1) is 0 Å². The Bertz CT molecular complexity index is 583. The van der Waals surface area contributed by atoms with Crippen molar-refractivity contribution >= 4 is 12.2 Å². The van der Waals surface area contributed by atoms with Crippen LogP contribution in [-0.2, 0) is 9.47 Å². The maximum atomic E-state index is 10.6. The maximum absolute atomic E-state index is 10.6. The zero-order chi connectivity index (χ0) is 17.8. The van der Waals surface area contributed by atoms with Crippen molar-refractivity contribution in [2.75, 3.05) is 34.5 Å². The van der Waals surface area contributed by atoms with E-state index in [1.165, 1.54) is 26.6 Å². The van der Waals surface area contributed by atoms with Crippen LogP contribution in [0.1, 0.15) is 24.0 Å². The number of hydrogen-bond donors (Lipinski definition) is 0. The highest BCUT2D eigenvalue weighted by atomic mass is 16.6. The summed E-state index contributed by atoms with van der Waals surface area (Å²) in [6, 6.07) is 3.50. The molecule has 0 spiro atoms. The van der Waals surface area contributed by atoms with Crippen molar-refractivity contribution in [1.82, 2.24) is 0 Å². The number of unbranched alkanes of at least 4 members (excludes halogenated alkanes) is 1. The van der Waals surface area contributed by atoms with E-state index >= 15 is 0 Å². The van der Waals surface area contributed by atoms with E-state index in [2.05, 4.69) is 0 Å². The van der Waals surface area contributed by atoms with Crippen LogP contribution in [-0.4, -0.2) is 39.5 Å². The molecule has 7 heteroatoms. The molecule has 0 aliphatic heterocycles. The molecule has 0 amide bonds. The number of nitro groups is 1. The van der Waals surface area contributed by atoms with Gasteiger partial charge in [-0.2, -0.15) is 0 Å². The molecule has 0 saturated heterocycles. The normalized spacial score (nSPS) is 11.1. The highest BCUT2D eigenvalue weighted by molar-refractivity contribution is 5.67. The molecule has 1 rings (SSSR count). The zero-order valence-electron chi connectivity index (χ0n) is 14.1. The van der Waals surface area contributed by atoms with Crippen molar-refractivity contribution in [3.05, 3.63) is 45.8 Å². The van der Waals surface area contributed by atoms with Gasteiger partial charge in [-0.1, -0.05) is 0 Å². The molecule has 7 nitrogen and oxygen atoms in total. The molecular weight excluding hydrogens is 314 g/mol. The van der Waals surface area contributed by atoms with Crippen molar-refractivity contribution in [2.45, 2.75) is 12.8 Å². The summed E-state index contributed by atoms with van der Waals surface area (Å²) in [7, 11) is 4.70. The third-order valence-electron chi connectivity index (χ3n) is 3.04. The van der Waals surface area contributed by atoms with Crippen LogP contribution in [0.25, 0.3) is 12.2 Å². The predicted octanol–water partition coefficient (Wildman–Crippen LogP) is 3.17. The van der Waals surface area contributed by atoms with Gasteiger partial charge in [0.05, 0.1) is 32.0 Å². The van der Waals surface area contributed by atoms with Gasteiger partial charge in [0.2, 0.25) is 0 Å². The van der Waals surface area contributed by atoms with Crippen LogP contribution in [0.3, 0.4) is 0 Å². The zero-order valence-corrected chi connectivity index (χ0v) is 14.1. The summed E-state index contributed by atoms with van der Waals surface area (Å²) in [6.45, 7) is 1.11. The highest BCUT2D eigenvalue weighted by Gasteiger charge is 2.12. The van der Waals surface area contributed by atoms with Crippen molar-refractivity contribution < 1.29 is 23.9 Å². The Morgan fingerprint density at radius 1 is 1.21 bits per heavy atom. The summed E-state index contributed by atoms with van der Waals surface area (Å²) in [4.78, 5) is 9.92. The third kappa shape index (κ3) is 6.70. The molecule has 0 N–H and O–H groups in total. The van der Waals surface area contributed by atoms with E-state index in [1.807, 2.05) is 6.20 Å². The molecule has 0 aliphatic rings. The summed E-state index contributed by atoms with van der Waals surface area (Å²) in [6.07, 6.45) is 8.17. The fraction of sp³-hybridized carbons (Fsp3) is 0.412. The molecule has 0 bridgehead atoms. The maximum Gasteiger partial charge on any atom is 0.346 e. The monoisotopic (exact) mass is 336 g/mol. The molecule has 0 aliphatic carbocycles. The lowest BCUT2D eigenvalue weighted by Gasteiger charge is -2.14. The van der Waals surface area contributed by atoms with E-state index in [0.717, 1.165) is 18.4 Å². The van der Waals surface area contributed by atoms with Gasteiger partial charge in [-0.05, 0) is 36.6 Å². The van der Waals surface area contributed by atoms with Crippen molar-refractivity contribution in [3.63, 3.8) is 0 Å². The van der Waals surface area contributed by atoms with Gasteiger partial charge in [0.25, 0.3) is 0 Å². The quantitative estimate of drug-likeness (QED) is 0.203. The molecular formula is C17H22NO6. The second-order valence-electron chi connectivity index (χ2n) is 4.76. The van der Waals surface area contributed by atoms with E-state index in [-0.39, 0.29) is 0 Å². The standard InChI is InChI=1S/C17H22NO6/c1-21-9-4-5-10-24-17-15(6-8-18(19)20)12-14(7-11-22-2)13-16(17)23-3/h6-7,11-13H,4-5,9-10H2,1-3H3/b8-6?,11-7+. The highest BCUT2D eigenvalue weighted by Crippen LogP contribution is 2.34. The summed E-state index contributed by atoms with van der Waals surface area (Å²) < 4.78 is 21.0. The van der Waals surface area contributed by atoms with Crippen molar-refractivity contribution in [3.8, 4) is 11.5 Å². The van der Waals surface area contributed by atoms with Crippen LogP contribution in [0.4, 0.5) is 0 Å². The first-order valence-electron chi connectivity index (χ1n) is 7.39. The van der Waals surface area contributed by atoms with Gasteiger partial charge in [0.15, 0.2) is 11.5 Å².